The van der Waals surface area contributed by atoms with Crippen LogP contribution in [0.1, 0.15) is 24.6 Å². The van der Waals surface area contributed by atoms with E-state index in [4.69, 9.17) is 16.2 Å². The van der Waals surface area contributed by atoms with Crippen molar-refractivity contribution in [2.75, 3.05) is 19.6 Å². The van der Waals surface area contributed by atoms with E-state index < -0.39 is 28.8 Å². The number of hydrogen-bond donors (Lipinski definition) is 2. The minimum Gasteiger partial charge on any atom is -0.490 e. The van der Waals surface area contributed by atoms with Crippen LogP contribution in [0.3, 0.4) is 0 Å². The van der Waals surface area contributed by atoms with Crippen molar-refractivity contribution >= 4 is 5.69 Å². The lowest BCUT2D eigenvalue weighted by Crippen LogP contribution is -2.61. The molecule has 164 valence electrons. The third-order valence-electron chi connectivity index (χ3n) is 6.10. The van der Waals surface area contributed by atoms with Gasteiger partial charge in [-0.2, -0.15) is 4.91 Å². The molecule has 0 radical (unpaired) electrons. The highest BCUT2D eigenvalue weighted by atomic mass is 19.1. The smallest absolute Gasteiger partial charge is 0.146 e. The second-order valence-corrected chi connectivity index (χ2v) is 8.39. The maximum Gasteiger partial charge on any atom is 0.146 e. The molecule has 1 aromatic carbocycles. The average Bonchev–Trinajstić information content (AvgIpc) is 3.07. The summed E-state index contributed by atoms with van der Waals surface area (Å²) in [6.07, 6.45) is 1.69. The molecule has 2 fully saturated rings. The number of rotatable bonds is 7. The molecule has 1 aromatic heterocycles. The first-order valence-electron chi connectivity index (χ1n) is 9.78. The van der Waals surface area contributed by atoms with Gasteiger partial charge in [0.25, 0.3) is 0 Å². The molecule has 2 heterocycles. The molecule has 2 aromatic rings. The largest absolute Gasteiger partial charge is 0.490 e. The van der Waals surface area contributed by atoms with E-state index in [9.17, 15) is 18.6 Å². The van der Waals surface area contributed by atoms with Gasteiger partial charge in [0.1, 0.15) is 35.2 Å². The molecule has 4 N–H and O–H groups in total. The van der Waals surface area contributed by atoms with Gasteiger partial charge in [-0.05, 0) is 17.3 Å². The van der Waals surface area contributed by atoms with Gasteiger partial charge in [0.05, 0.1) is 23.0 Å². The maximum atomic E-state index is 13.4. The fraction of sp³-hybridized carbons (Fsp3) is 0.450. The highest BCUT2D eigenvalue weighted by Gasteiger charge is 2.60. The van der Waals surface area contributed by atoms with Gasteiger partial charge in [0.15, 0.2) is 0 Å². The quantitative estimate of drug-likeness (QED) is 0.642. The van der Waals surface area contributed by atoms with Crippen LogP contribution in [0.5, 0.6) is 5.75 Å². The van der Waals surface area contributed by atoms with Crippen LogP contribution in [0.25, 0.3) is 0 Å². The number of benzene rings is 1. The summed E-state index contributed by atoms with van der Waals surface area (Å²) < 4.78 is 32.6. The lowest BCUT2D eigenvalue weighted by atomic mass is 9.85. The number of likely N-dealkylation sites (tertiary alicyclic amines) is 1. The lowest BCUT2D eigenvalue weighted by Gasteiger charge is -2.31. The summed E-state index contributed by atoms with van der Waals surface area (Å²) in [6, 6.07) is 5.27. The number of fused-ring (bicyclic) bond motifs is 1. The Bertz CT molecular complexity index is 953. The van der Waals surface area contributed by atoms with E-state index in [0.29, 0.717) is 31.6 Å². The topological polar surface area (TPSA) is 136 Å². The van der Waals surface area contributed by atoms with Gasteiger partial charge in [0, 0.05) is 50.7 Å². The second kappa shape index (κ2) is 7.98. The Kier molecular flexibility index (Phi) is 5.50. The first-order chi connectivity index (χ1) is 14.7. The Morgan fingerprint density at radius 1 is 1.13 bits per heavy atom. The first kappa shape index (κ1) is 21.3. The van der Waals surface area contributed by atoms with Crippen LogP contribution in [0, 0.1) is 21.4 Å². The number of ether oxygens (including phenoxy) is 1. The highest BCUT2D eigenvalue weighted by molar-refractivity contribution is 5.34. The van der Waals surface area contributed by atoms with Crippen molar-refractivity contribution in [1.29, 1.82) is 0 Å². The zero-order valence-corrected chi connectivity index (χ0v) is 16.6. The lowest BCUT2D eigenvalue weighted by molar-refractivity contribution is 0.177. The standard InChI is InChI=1S/C20H22F2N6O3/c21-12-3-13(22)5-15(4-12)31-16-6-19(23)10-28(11-20(19,24)7-16)9-18(27-30)17-2-1-14(26-29)8-25-17/h1-5,8,16,18H,6-7,9-11,23-24H2/t16?,18?,19-,20+. The molecular formula is C20H22F2N6O3. The van der Waals surface area contributed by atoms with E-state index in [-0.39, 0.29) is 24.1 Å². The molecule has 2 unspecified atom stereocenters. The van der Waals surface area contributed by atoms with Crippen LogP contribution in [0.2, 0.25) is 0 Å². The molecule has 31 heavy (non-hydrogen) atoms. The van der Waals surface area contributed by atoms with Crippen molar-refractivity contribution in [1.82, 2.24) is 9.88 Å². The summed E-state index contributed by atoms with van der Waals surface area (Å²) in [5.74, 6) is -1.35. The number of pyridine rings is 1. The van der Waals surface area contributed by atoms with Crippen LogP contribution in [0.15, 0.2) is 46.9 Å². The van der Waals surface area contributed by atoms with E-state index in [2.05, 4.69) is 15.3 Å². The number of nitrogens with zero attached hydrogens (tertiary/aromatic N) is 4. The van der Waals surface area contributed by atoms with Crippen LogP contribution < -0.4 is 16.2 Å². The summed E-state index contributed by atoms with van der Waals surface area (Å²) in [5, 5.41) is 5.95. The molecule has 1 saturated carbocycles. The first-order valence-corrected chi connectivity index (χ1v) is 9.78. The fourth-order valence-corrected chi connectivity index (χ4v) is 4.66. The van der Waals surface area contributed by atoms with Crippen LogP contribution in [-0.2, 0) is 0 Å². The Morgan fingerprint density at radius 3 is 2.29 bits per heavy atom. The molecule has 1 saturated heterocycles. The zero-order valence-electron chi connectivity index (χ0n) is 16.6. The number of nitroso groups, excluding NO2 is 2. The van der Waals surface area contributed by atoms with Crippen LogP contribution in [0.4, 0.5) is 14.5 Å². The zero-order chi connectivity index (χ0) is 22.2. The highest BCUT2D eigenvalue weighted by Crippen LogP contribution is 2.43. The van der Waals surface area contributed by atoms with Crippen molar-refractivity contribution in [2.45, 2.75) is 36.1 Å². The van der Waals surface area contributed by atoms with Gasteiger partial charge in [-0.1, -0.05) is 5.18 Å². The minimum atomic E-state index is -0.796. The van der Waals surface area contributed by atoms with E-state index in [1.165, 1.54) is 18.3 Å². The second-order valence-electron chi connectivity index (χ2n) is 8.39. The molecule has 11 heteroatoms. The molecule has 1 aliphatic carbocycles. The van der Waals surface area contributed by atoms with Gasteiger partial charge in [-0.3, -0.25) is 9.88 Å². The van der Waals surface area contributed by atoms with Gasteiger partial charge < -0.3 is 16.2 Å². The number of nitrogens with two attached hydrogens (primary N) is 2. The normalized spacial score (nSPS) is 28.8. The van der Waals surface area contributed by atoms with Crippen LogP contribution >= 0.6 is 0 Å². The molecule has 1 aliphatic heterocycles. The summed E-state index contributed by atoms with van der Waals surface area (Å²) >= 11 is 0. The van der Waals surface area contributed by atoms with Crippen molar-refractivity contribution in [3.05, 3.63) is 63.7 Å². The van der Waals surface area contributed by atoms with E-state index >= 15 is 0 Å². The average molecular weight is 432 g/mol. The monoisotopic (exact) mass is 432 g/mol. The van der Waals surface area contributed by atoms with Gasteiger partial charge in [0.2, 0.25) is 0 Å². The predicted octanol–water partition coefficient (Wildman–Crippen LogP) is 2.52. The number of aromatic nitrogens is 1. The molecule has 4 atom stereocenters. The van der Waals surface area contributed by atoms with E-state index in [1.54, 1.807) is 0 Å². The Morgan fingerprint density at radius 2 is 1.77 bits per heavy atom. The summed E-state index contributed by atoms with van der Waals surface area (Å²) in [7, 11) is 0. The Hall–Kier alpha value is -2.89. The summed E-state index contributed by atoms with van der Waals surface area (Å²) in [5.41, 5.74) is 12.2. The Labute approximate surface area is 176 Å². The Balaban J connectivity index is 1.42. The molecular weight excluding hydrogens is 410 g/mol. The number of halogens is 2. The van der Waals surface area contributed by atoms with Gasteiger partial charge >= 0.3 is 0 Å². The maximum absolute atomic E-state index is 13.4. The van der Waals surface area contributed by atoms with Crippen LogP contribution in [-0.4, -0.2) is 46.7 Å². The van der Waals surface area contributed by atoms with E-state index in [0.717, 1.165) is 18.2 Å². The van der Waals surface area contributed by atoms with Gasteiger partial charge in [-0.25, -0.2) is 8.78 Å². The molecule has 2 aliphatic rings. The predicted molar refractivity (Wildman–Crippen MR) is 109 cm³/mol. The fourth-order valence-electron chi connectivity index (χ4n) is 4.66. The van der Waals surface area contributed by atoms with Crippen molar-refractivity contribution in [2.24, 2.45) is 21.8 Å². The summed E-state index contributed by atoms with van der Waals surface area (Å²) in [4.78, 5) is 28.0. The third kappa shape index (κ3) is 4.16. The molecule has 9 nitrogen and oxygen atoms in total. The molecule has 0 amide bonds. The minimum absolute atomic E-state index is 0.0936. The molecule has 4 rings (SSSR count). The number of hydrogen-bond acceptors (Lipinski definition) is 9. The molecule has 0 spiro atoms. The van der Waals surface area contributed by atoms with E-state index in [1.807, 2.05) is 4.90 Å². The third-order valence-corrected chi connectivity index (χ3v) is 6.10. The van der Waals surface area contributed by atoms with Crippen molar-refractivity contribution in [3.63, 3.8) is 0 Å². The summed E-state index contributed by atoms with van der Waals surface area (Å²) in [6.45, 7) is 1.07. The van der Waals surface area contributed by atoms with Crippen molar-refractivity contribution < 1.29 is 13.5 Å². The molecule has 0 bridgehead atoms. The van der Waals surface area contributed by atoms with Gasteiger partial charge in [-0.15, -0.1) is 4.91 Å². The van der Waals surface area contributed by atoms with Crippen molar-refractivity contribution in [3.8, 4) is 5.75 Å². The SMILES string of the molecule is N[C@@]12CC(Oc3cc(F)cc(F)c3)C[C@]1(N)CN(CC(N=O)c1ccc(N=O)cn1)C2.